The molecule has 2 fully saturated rings. The summed E-state index contributed by atoms with van der Waals surface area (Å²) in [4.78, 5) is 0. The van der Waals surface area contributed by atoms with Gasteiger partial charge in [-0.2, -0.15) is 0 Å². The zero-order valence-corrected chi connectivity index (χ0v) is 8.45. The molecule has 0 amide bonds. The summed E-state index contributed by atoms with van der Waals surface area (Å²) >= 11 is 0. The van der Waals surface area contributed by atoms with E-state index in [0.29, 0.717) is 12.6 Å². The topological polar surface area (TPSA) is 44.5 Å². The Bertz CT molecular complexity index is 197. The minimum absolute atomic E-state index is 0.0105. The average Bonchev–Trinajstić information content (AvgIpc) is 2.59. The lowest BCUT2D eigenvalue weighted by molar-refractivity contribution is -0.0782. The number of rotatable bonds is 1. The van der Waals surface area contributed by atoms with Crippen molar-refractivity contribution in [3.63, 3.8) is 0 Å². The van der Waals surface area contributed by atoms with Crippen molar-refractivity contribution in [1.82, 2.24) is 0 Å². The average molecular weight is 185 g/mol. The van der Waals surface area contributed by atoms with Crippen LogP contribution in [0.4, 0.5) is 0 Å². The molecule has 2 aliphatic rings. The highest BCUT2D eigenvalue weighted by Crippen LogP contribution is 2.43. The first-order valence-corrected chi connectivity index (χ1v) is 5.19. The van der Waals surface area contributed by atoms with Crippen molar-refractivity contribution in [2.45, 2.75) is 57.0 Å². The van der Waals surface area contributed by atoms with Crippen LogP contribution in [0.5, 0.6) is 0 Å². The van der Waals surface area contributed by atoms with E-state index in [0.717, 1.165) is 19.3 Å². The minimum Gasteiger partial charge on any atom is -0.372 e. The Kier molecular flexibility index (Phi) is 2.34. The van der Waals surface area contributed by atoms with Crippen molar-refractivity contribution in [1.29, 1.82) is 0 Å². The molecule has 2 saturated heterocycles. The van der Waals surface area contributed by atoms with Crippen LogP contribution in [-0.2, 0) is 9.47 Å². The molecule has 0 aliphatic carbocycles. The van der Waals surface area contributed by atoms with Crippen molar-refractivity contribution in [3.05, 3.63) is 0 Å². The molecule has 0 aromatic carbocycles. The largest absolute Gasteiger partial charge is 0.372 e. The molecule has 0 unspecified atom stereocenters. The highest BCUT2D eigenvalue weighted by Gasteiger charge is 2.50. The Morgan fingerprint density at radius 2 is 2.23 bits per heavy atom. The summed E-state index contributed by atoms with van der Waals surface area (Å²) < 4.78 is 11.7. The second kappa shape index (κ2) is 3.23. The zero-order valence-electron chi connectivity index (χ0n) is 8.45. The molecule has 1 spiro atoms. The van der Waals surface area contributed by atoms with Crippen LogP contribution in [0.2, 0.25) is 0 Å². The monoisotopic (exact) mass is 185 g/mol. The van der Waals surface area contributed by atoms with Gasteiger partial charge in [0.1, 0.15) is 0 Å². The first-order valence-electron chi connectivity index (χ1n) is 5.19. The molecule has 0 aromatic rings. The molecule has 4 atom stereocenters. The molecule has 76 valence electrons. The van der Waals surface area contributed by atoms with E-state index in [9.17, 15) is 0 Å². The fourth-order valence-corrected chi connectivity index (χ4v) is 2.64. The molecular weight excluding hydrogens is 166 g/mol. The van der Waals surface area contributed by atoms with Gasteiger partial charge in [-0.05, 0) is 26.7 Å². The second-order valence-corrected chi connectivity index (χ2v) is 4.37. The Hall–Kier alpha value is -0.120. The summed E-state index contributed by atoms with van der Waals surface area (Å²) in [5, 5.41) is 0. The van der Waals surface area contributed by atoms with Gasteiger partial charge in [-0.15, -0.1) is 0 Å². The predicted molar refractivity (Wildman–Crippen MR) is 50.5 cm³/mol. The van der Waals surface area contributed by atoms with Gasteiger partial charge in [-0.1, -0.05) is 0 Å². The third-order valence-electron chi connectivity index (χ3n) is 3.36. The summed E-state index contributed by atoms with van der Waals surface area (Å²) in [6.45, 7) is 4.87. The first-order chi connectivity index (χ1) is 6.16. The van der Waals surface area contributed by atoms with E-state index in [-0.39, 0.29) is 17.8 Å². The van der Waals surface area contributed by atoms with Gasteiger partial charge in [0.05, 0.1) is 23.9 Å². The van der Waals surface area contributed by atoms with Crippen molar-refractivity contribution in [2.75, 3.05) is 6.54 Å². The van der Waals surface area contributed by atoms with Gasteiger partial charge in [0, 0.05) is 13.0 Å². The maximum Gasteiger partial charge on any atom is 0.0970 e. The molecule has 0 aromatic heterocycles. The molecule has 0 bridgehead atoms. The van der Waals surface area contributed by atoms with Gasteiger partial charge < -0.3 is 15.2 Å². The van der Waals surface area contributed by atoms with Crippen LogP contribution in [0.25, 0.3) is 0 Å². The highest BCUT2D eigenvalue weighted by molar-refractivity contribution is 4.99. The summed E-state index contributed by atoms with van der Waals surface area (Å²) in [7, 11) is 0. The van der Waals surface area contributed by atoms with E-state index in [2.05, 4.69) is 13.8 Å². The lowest BCUT2D eigenvalue weighted by atomic mass is 9.91. The van der Waals surface area contributed by atoms with Crippen LogP contribution in [-0.4, -0.2) is 30.5 Å². The predicted octanol–water partition coefficient (Wildman–Crippen LogP) is 1.06. The Labute approximate surface area is 79.6 Å². The van der Waals surface area contributed by atoms with E-state index < -0.39 is 0 Å². The fraction of sp³-hybridized carbons (Fsp3) is 1.00. The van der Waals surface area contributed by atoms with Gasteiger partial charge in [-0.3, -0.25) is 0 Å². The molecule has 2 N–H and O–H groups in total. The van der Waals surface area contributed by atoms with E-state index in [4.69, 9.17) is 15.2 Å². The Morgan fingerprint density at radius 3 is 2.69 bits per heavy atom. The van der Waals surface area contributed by atoms with Gasteiger partial charge in [-0.25, -0.2) is 0 Å². The third-order valence-corrected chi connectivity index (χ3v) is 3.36. The third kappa shape index (κ3) is 1.49. The van der Waals surface area contributed by atoms with Gasteiger partial charge >= 0.3 is 0 Å². The smallest absolute Gasteiger partial charge is 0.0970 e. The van der Waals surface area contributed by atoms with E-state index in [1.54, 1.807) is 0 Å². The zero-order chi connectivity index (χ0) is 9.47. The van der Waals surface area contributed by atoms with Crippen molar-refractivity contribution < 1.29 is 9.47 Å². The quantitative estimate of drug-likeness (QED) is 0.664. The van der Waals surface area contributed by atoms with E-state index >= 15 is 0 Å². The number of nitrogens with two attached hydrogens (primary N) is 1. The van der Waals surface area contributed by atoms with Crippen LogP contribution in [0.3, 0.4) is 0 Å². The minimum atomic E-state index is -0.0105. The van der Waals surface area contributed by atoms with Gasteiger partial charge in [0.25, 0.3) is 0 Å². The Balaban J connectivity index is 2.06. The molecular formula is C10H19NO2. The summed E-state index contributed by atoms with van der Waals surface area (Å²) in [5.74, 6) is 0. The number of ether oxygens (including phenoxy) is 2. The molecule has 2 heterocycles. The molecule has 3 nitrogen and oxygen atoms in total. The van der Waals surface area contributed by atoms with Crippen LogP contribution < -0.4 is 5.73 Å². The van der Waals surface area contributed by atoms with E-state index in [1.807, 2.05) is 0 Å². The normalized spacial score (nSPS) is 50.5. The van der Waals surface area contributed by atoms with E-state index in [1.165, 1.54) is 0 Å². The van der Waals surface area contributed by atoms with Crippen molar-refractivity contribution in [3.8, 4) is 0 Å². The lowest BCUT2D eigenvalue weighted by Gasteiger charge is -2.27. The van der Waals surface area contributed by atoms with Gasteiger partial charge in [0.15, 0.2) is 0 Å². The molecule has 2 rings (SSSR count). The van der Waals surface area contributed by atoms with Crippen LogP contribution in [0.1, 0.15) is 33.1 Å². The van der Waals surface area contributed by atoms with Crippen LogP contribution >= 0.6 is 0 Å². The Morgan fingerprint density at radius 1 is 1.46 bits per heavy atom. The second-order valence-electron chi connectivity index (χ2n) is 4.37. The molecule has 0 radical (unpaired) electrons. The summed E-state index contributed by atoms with van der Waals surface area (Å²) in [6.07, 6.45) is 4.07. The summed E-state index contributed by atoms with van der Waals surface area (Å²) in [6, 6.07) is 0. The maximum absolute atomic E-state index is 5.99. The molecule has 2 aliphatic heterocycles. The number of hydrogen-bond donors (Lipinski definition) is 1. The molecule has 13 heavy (non-hydrogen) atoms. The summed E-state index contributed by atoms with van der Waals surface area (Å²) in [5.41, 5.74) is 5.59. The lowest BCUT2D eigenvalue weighted by Crippen LogP contribution is -2.37. The SMILES string of the molecule is C[C@@H]1C[C@]2(CC[C@@H](CN)O2)[C@H](C)O1. The van der Waals surface area contributed by atoms with Crippen LogP contribution in [0.15, 0.2) is 0 Å². The number of hydrogen-bond acceptors (Lipinski definition) is 3. The maximum atomic E-state index is 5.99. The van der Waals surface area contributed by atoms with Gasteiger partial charge in [0.2, 0.25) is 0 Å². The van der Waals surface area contributed by atoms with Crippen LogP contribution in [0, 0.1) is 0 Å². The molecule has 3 heteroatoms. The highest BCUT2D eigenvalue weighted by atomic mass is 16.6. The standard InChI is InChI=1S/C10H19NO2/c1-7-5-10(8(2)12-7)4-3-9(6-11)13-10/h7-9H,3-6,11H2,1-2H3/t7-,8+,9+,10-/m1/s1. The fourth-order valence-electron chi connectivity index (χ4n) is 2.64. The molecule has 0 saturated carbocycles. The first kappa shape index (κ1) is 9.44. The van der Waals surface area contributed by atoms with Crippen molar-refractivity contribution in [2.24, 2.45) is 5.73 Å². The van der Waals surface area contributed by atoms with Crippen molar-refractivity contribution >= 4 is 0 Å².